The molecule has 0 aliphatic carbocycles. The summed E-state index contributed by atoms with van der Waals surface area (Å²) in [7, 11) is 0. The van der Waals surface area contributed by atoms with Crippen molar-refractivity contribution in [3.05, 3.63) is 72.3 Å². The Kier molecular flexibility index (Phi) is 6.81. The van der Waals surface area contributed by atoms with E-state index in [4.69, 9.17) is 9.47 Å². The van der Waals surface area contributed by atoms with Crippen LogP contribution in [0, 0.1) is 0 Å². The first-order valence-corrected chi connectivity index (χ1v) is 9.31. The number of carbonyl (C=O) groups is 2. The number of amides is 2. The van der Waals surface area contributed by atoms with Crippen molar-refractivity contribution in [3.8, 4) is 5.75 Å². The van der Waals surface area contributed by atoms with Crippen molar-refractivity contribution in [2.75, 3.05) is 25.1 Å². The van der Waals surface area contributed by atoms with Crippen molar-refractivity contribution in [1.82, 2.24) is 5.32 Å². The maximum atomic E-state index is 12.6. The highest BCUT2D eigenvalue weighted by molar-refractivity contribution is 6.09. The largest absolute Gasteiger partial charge is 0.491 e. The van der Waals surface area contributed by atoms with Gasteiger partial charge in [0.15, 0.2) is 0 Å². The molecular formula is C22H24N2O4. The summed E-state index contributed by atoms with van der Waals surface area (Å²) in [6, 6.07) is 13.8. The number of rotatable bonds is 8. The Morgan fingerprint density at radius 1 is 1.14 bits per heavy atom. The van der Waals surface area contributed by atoms with Gasteiger partial charge in [0.05, 0.1) is 17.4 Å². The van der Waals surface area contributed by atoms with Gasteiger partial charge >= 0.3 is 0 Å². The number of para-hydroxylation sites is 1. The van der Waals surface area contributed by atoms with Gasteiger partial charge in [0.1, 0.15) is 12.4 Å². The minimum absolute atomic E-state index is 0.145. The number of hydrogen-bond acceptors (Lipinski definition) is 4. The van der Waals surface area contributed by atoms with Gasteiger partial charge in [0.2, 0.25) is 0 Å². The van der Waals surface area contributed by atoms with Gasteiger partial charge in [-0.2, -0.15) is 0 Å². The van der Waals surface area contributed by atoms with Crippen LogP contribution in [-0.2, 0) is 4.74 Å². The Balaban J connectivity index is 1.61. The molecule has 1 aliphatic rings. The molecule has 2 aromatic rings. The molecule has 0 unspecified atom stereocenters. The molecule has 0 aromatic heterocycles. The fourth-order valence-electron chi connectivity index (χ4n) is 2.91. The second-order valence-corrected chi connectivity index (χ2v) is 6.47. The van der Waals surface area contributed by atoms with Crippen molar-refractivity contribution in [3.63, 3.8) is 0 Å². The Morgan fingerprint density at radius 3 is 2.64 bits per heavy atom. The molecule has 3 rings (SSSR count). The summed E-state index contributed by atoms with van der Waals surface area (Å²) >= 11 is 0. The lowest BCUT2D eigenvalue weighted by Crippen LogP contribution is -2.25. The van der Waals surface area contributed by atoms with E-state index in [1.54, 1.807) is 54.6 Å². The molecule has 0 spiro atoms. The SMILES string of the molecule is C=CCNC(=O)c1ccccc1NC(=O)c1ccc(OC[C@H]2CCCO2)cc1. The van der Waals surface area contributed by atoms with E-state index in [1.807, 2.05) is 0 Å². The van der Waals surface area contributed by atoms with E-state index in [-0.39, 0.29) is 17.9 Å². The summed E-state index contributed by atoms with van der Waals surface area (Å²) in [4.78, 5) is 24.8. The summed E-state index contributed by atoms with van der Waals surface area (Å²) in [5, 5.41) is 5.51. The monoisotopic (exact) mass is 380 g/mol. The van der Waals surface area contributed by atoms with Crippen LogP contribution in [0.1, 0.15) is 33.6 Å². The third-order valence-electron chi connectivity index (χ3n) is 4.40. The third-order valence-corrected chi connectivity index (χ3v) is 4.40. The first-order chi connectivity index (χ1) is 13.7. The summed E-state index contributed by atoms with van der Waals surface area (Å²) in [5.41, 5.74) is 1.33. The second-order valence-electron chi connectivity index (χ2n) is 6.47. The Hall–Kier alpha value is -3.12. The van der Waals surface area contributed by atoms with E-state index in [2.05, 4.69) is 17.2 Å². The Labute approximate surface area is 164 Å². The molecule has 146 valence electrons. The first kappa shape index (κ1) is 19.6. The minimum Gasteiger partial charge on any atom is -0.491 e. The van der Waals surface area contributed by atoms with E-state index in [0.717, 1.165) is 19.4 Å². The predicted octanol–water partition coefficient (Wildman–Crippen LogP) is 3.41. The van der Waals surface area contributed by atoms with Crippen LogP contribution >= 0.6 is 0 Å². The zero-order valence-corrected chi connectivity index (χ0v) is 15.6. The number of hydrogen-bond donors (Lipinski definition) is 2. The average Bonchev–Trinajstić information content (AvgIpc) is 3.25. The van der Waals surface area contributed by atoms with Crippen LogP contribution in [0.4, 0.5) is 5.69 Å². The van der Waals surface area contributed by atoms with Crippen LogP contribution in [-0.4, -0.2) is 37.7 Å². The molecule has 1 saturated heterocycles. The number of ether oxygens (including phenoxy) is 2. The molecule has 0 radical (unpaired) electrons. The van der Waals surface area contributed by atoms with Crippen LogP contribution in [0.25, 0.3) is 0 Å². The van der Waals surface area contributed by atoms with Crippen LogP contribution in [0.2, 0.25) is 0 Å². The minimum atomic E-state index is -0.297. The molecule has 0 bridgehead atoms. The van der Waals surface area contributed by atoms with Crippen LogP contribution in [0.3, 0.4) is 0 Å². The van der Waals surface area contributed by atoms with E-state index in [9.17, 15) is 9.59 Å². The highest BCUT2D eigenvalue weighted by Crippen LogP contribution is 2.19. The van der Waals surface area contributed by atoms with Gasteiger partial charge in [-0.05, 0) is 49.2 Å². The fraction of sp³-hybridized carbons (Fsp3) is 0.273. The van der Waals surface area contributed by atoms with Crippen LogP contribution < -0.4 is 15.4 Å². The highest BCUT2D eigenvalue weighted by atomic mass is 16.5. The number of benzene rings is 2. The van der Waals surface area contributed by atoms with Crippen molar-refractivity contribution in [2.45, 2.75) is 18.9 Å². The van der Waals surface area contributed by atoms with Crippen LogP contribution in [0.5, 0.6) is 5.75 Å². The smallest absolute Gasteiger partial charge is 0.255 e. The zero-order valence-electron chi connectivity index (χ0n) is 15.6. The van der Waals surface area contributed by atoms with Gasteiger partial charge in [-0.25, -0.2) is 0 Å². The molecule has 1 fully saturated rings. The summed E-state index contributed by atoms with van der Waals surface area (Å²) < 4.78 is 11.2. The third kappa shape index (κ3) is 5.20. The number of nitrogens with one attached hydrogen (secondary N) is 2. The van der Waals surface area contributed by atoms with Gasteiger partial charge in [0, 0.05) is 18.7 Å². The molecule has 2 amide bonds. The summed E-state index contributed by atoms with van der Waals surface area (Å²) in [6.45, 7) is 5.24. The molecule has 1 atom stereocenters. The molecule has 2 aromatic carbocycles. The molecular weight excluding hydrogens is 356 g/mol. The lowest BCUT2D eigenvalue weighted by Gasteiger charge is -2.13. The van der Waals surface area contributed by atoms with Gasteiger partial charge in [-0.15, -0.1) is 6.58 Å². The standard InChI is InChI=1S/C22H24N2O4/c1-2-13-23-22(26)19-7-3-4-8-20(19)24-21(25)16-9-11-17(12-10-16)28-15-18-6-5-14-27-18/h2-4,7-12,18H,1,5-6,13-15H2,(H,23,26)(H,24,25)/t18-/m1/s1. The maximum absolute atomic E-state index is 12.6. The van der Waals surface area contributed by atoms with Gasteiger partial charge in [-0.1, -0.05) is 18.2 Å². The molecule has 6 heteroatoms. The second kappa shape index (κ2) is 9.71. The lowest BCUT2D eigenvalue weighted by molar-refractivity contribution is 0.0679. The zero-order chi connectivity index (χ0) is 19.8. The topological polar surface area (TPSA) is 76.7 Å². The van der Waals surface area contributed by atoms with E-state index < -0.39 is 0 Å². The molecule has 0 saturated carbocycles. The molecule has 6 nitrogen and oxygen atoms in total. The Bertz CT molecular complexity index is 827. The Morgan fingerprint density at radius 2 is 1.93 bits per heavy atom. The van der Waals surface area contributed by atoms with Gasteiger partial charge in [-0.3, -0.25) is 9.59 Å². The molecule has 1 heterocycles. The van der Waals surface area contributed by atoms with Crippen molar-refractivity contribution < 1.29 is 19.1 Å². The fourth-order valence-corrected chi connectivity index (χ4v) is 2.91. The van der Waals surface area contributed by atoms with Crippen molar-refractivity contribution in [2.24, 2.45) is 0 Å². The van der Waals surface area contributed by atoms with E-state index in [0.29, 0.717) is 35.7 Å². The normalized spacial score (nSPS) is 15.6. The van der Waals surface area contributed by atoms with E-state index >= 15 is 0 Å². The predicted molar refractivity (Wildman–Crippen MR) is 108 cm³/mol. The number of anilines is 1. The van der Waals surface area contributed by atoms with Crippen molar-refractivity contribution >= 4 is 17.5 Å². The highest BCUT2D eigenvalue weighted by Gasteiger charge is 2.16. The molecule has 1 aliphatic heterocycles. The van der Waals surface area contributed by atoms with Crippen molar-refractivity contribution in [1.29, 1.82) is 0 Å². The first-order valence-electron chi connectivity index (χ1n) is 9.31. The summed E-state index contributed by atoms with van der Waals surface area (Å²) in [5.74, 6) is 0.125. The van der Waals surface area contributed by atoms with Gasteiger partial charge in [0.25, 0.3) is 11.8 Å². The van der Waals surface area contributed by atoms with E-state index in [1.165, 1.54) is 0 Å². The lowest BCUT2D eigenvalue weighted by atomic mass is 10.1. The molecule has 28 heavy (non-hydrogen) atoms. The molecule has 2 N–H and O–H groups in total. The number of carbonyl (C=O) groups excluding carboxylic acids is 2. The van der Waals surface area contributed by atoms with Crippen LogP contribution in [0.15, 0.2) is 61.2 Å². The summed E-state index contributed by atoms with van der Waals surface area (Å²) in [6.07, 6.45) is 3.83. The maximum Gasteiger partial charge on any atom is 0.255 e. The average molecular weight is 380 g/mol. The van der Waals surface area contributed by atoms with Gasteiger partial charge < -0.3 is 20.1 Å². The quantitative estimate of drug-likeness (QED) is 0.688.